The number of hydrogen-bond acceptors (Lipinski definition) is 7. The van der Waals surface area contributed by atoms with Gasteiger partial charge >= 0.3 is 0 Å². The number of amides is 3. The lowest BCUT2D eigenvalue weighted by molar-refractivity contribution is -0.120. The monoisotopic (exact) mass is 440 g/mol. The number of benzene rings is 1. The van der Waals surface area contributed by atoms with Gasteiger partial charge in [0.1, 0.15) is 18.1 Å². The third kappa shape index (κ3) is 4.77. The highest BCUT2D eigenvalue weighted by Crippen LogP contribution is 2.30. The van der Waals surface area contributed by atoms with Crippen molar-refractivity contribution in [3.8, 4) is 0 Å². The second-order valence-electron chi connectivity index (χ2n) is 6.86. The fourth-order valence-corrected chi connectivity index (χ4v) is 4.06. The Balaban J connectivity index is 1.51. The molecule has 2 aromatic heterocycles. The van der Waals surface area contributed by atoms with Gasteiger partial charge in [-0.05, 0) is 24.3 Å². The Morgan fingerprint density at radius 1 is 1.19 bits per heavy atom. The van der Waals surface area contributed by atoms with Crippen molar-refractivity contribution in [1.29, 1.82) is 0 Å². The molecular formula is C20H20N6O4S. The highest BCUT2D eigenvalue weighted by Gasteiger charge is 2.27. The van der Waals surface area contributed by atoms with Gasteiger partial charge in [-0.1, -0.05) is 23.9 Å². The molecule has 1 aliphatic heterocycles. The second-order valence-corrected chi connectivity index (χ2v) is 7.81. The molecule has 0 saturated heterocycles. The van der Waals surface area contributed by atoms with Crippen molar-refractivity contribution in [2.24, 2.45) is 5.73 Å². The number of nitrogens with zero attached hydrogens (tertiary/aromatic N) is 4. The van der Waals surface area contributed by atoms with Gasteiger partial charge in [0.05, 0.1) is 29.9 Å². The summed E-state index contributed by atoms with van der Waals surface area (Å²) in [5, 5.41) is 11.6. The van der Waals surface area contributed by atoms with Crippen molar-refractivity contribution >= 4 is 40.9 Å². The second kappa shape index (κ2) is 9.04. The Kier molecular flexibility index (Phi) is 6.03. The van der Waals surface area contributed by atoms with E-state index in [1.165, 1.54) is 16.7 Å². The quantitative estimate of drug-likeness (QED) is 0.505. The van der Waals surface area contributed by atoms with E-state index in [-0.39, 0.29) is 30.5 Å². The standard InChI is InChI=1S/C20H20N6O4S/c21-16(27)7-8-17-23-24-20(26(17)10-13-4-3-9-30-13)31-12-19(29)25-11-18(28)22-14-5-1-2-6-15(14)25/h1-6,9H,7-8,10-12H2,(H2,21,27)(H,22,28). The number of furan rings is 1. The molecule has 4 rings (SSSR count). The van der Waals surface area contributed by atoms with Crippen molar-refractivity contribution in [3.63, 3.8) is 0 Å². The summed E-state index contributed by atoms with van der Waals surface area (Å²) in [6, 6.07) is 10.8. The molecule has 11 heteroatoms. The molecule has 160 valence electrons. The van der Waals surface area contributed by atoms with Crippen LogP contribution in [0.15, 0.2) is 52.2 Å². The number of aryl methyl sites for hydroxylation is 1. The molecule has 3 N–H and O–H groups in total. The van der Waals surface area contributed by atoms with Crippen LogP contribution in [0, 0.1) is 0 Å². The van der Waals surface area contributed by atoms with E-state index in [0.717, 1.165) is 0 Å². The Labute approximate surface area is 181 Å². The largest absolute Gasteiger partial charge is 0.467 e. The number of fused-ring (bicyclic) bond motifs is 1. The van der Waals surface area contributed by atoms with Crippen molar-refractivity contribution in [1.82, 2.24) is 14.8 Å². The number of aromatic nitrogens is 3. The first-order valence-corrected chi connectivity index (χ1v) is 10.5. The minimum absolute atomic E-state index is 0.0423. The lowest BCUT2D eigenvalue weighted by Crippen LogP contribution is -2.43. The number of thioether (sulfide) groups is 1. The fourth-order valence-electron chi connectivity index (χ4n) is 3.22. The number of nitrogens with one attached hydrogen (secondary N) is 1. The van der Waals surface area contributed by atoms with Crippen molar-refractivity contribution in [3.05, 3.63) is 54.2 Å². The average molecular weight is 440 g/mol. The topological polar surface area (TPSA) is 136 Å². The van der Waals surface area contributed by atoms with E-state index in [9.17, 15) is 14.4 Å². The van der Waals surface area contributed by atoms with Crippen LogP contribution in [-0.4, -0.2) is 44.8 Å². The molecule has 10 nitrogen and oxygen atoms in total. The van der Waals surface area contributed by atoms with E-state index in [1.54, 1.807) is 35.1 Å². The summed E-state index contributed by atoms with van der Waals surface area (Å²) in [5.41, 5.74) is 6.52. The van der Waals surface area contributed by atoms with Crippen LogP contribution in [0.1, 0.15) is 18.0 Å². The predicted octanol–water partition coefficient (Wildman–Crippen LogP) is 1.41. The third-order valence-corrected chi connectivity index (χ3v) is 5.63. The molecule has 0 atom stereocenters. The van der Waals surface area contributed by atoms with Gasteiger partial charge < -0.3 is 20.4 Å². The lowest BCUT2D eigenvalue weighted by atomic mass is 10.2. The van der Waals surface area contributed by atoms with Gasteiger partial charge in [0, 0.05) is 12.8 Å². The SMILES string of the molecule is NC(=O)CCc1nnc(SCC(=O)N2CC(=O)Nc3ccccc32)n1Cc1ccco1. The number of primary amides is 1. The summed E-state index contributed by atoms with van der Waals surface area (Å²) in [6.07, 6.45) is 2.04. The first kappa shape index (κ1) is 20.7. The number of rotatable bonds is 8. The average Bonchev–Trinajstić information content (AvgIpc) is 3.40. The van der Waals surface area contributed by atoms with E-state index in [4.69, 9.17) is 10.2 Å². The zero-order valence-electron chi connectivity index (χ0n) is 16.5. The predicted molar refractivity (Wildman–Crippen MR) is 113 cm³/mol. The molecule has 0 spiro atoms. The maximum atomic E-state index is 12.9. The van der Waals surface area contributed by atoms with Crippen LogP contribution in [0.3, 0.4) is 0 Å². The summed E-state index contributed by atoms with van der Waals surface area (Å²) in [7, 11) is 0. The number of nitrogens with two attached hydrogens (primary N) is 1. The minimum Gasteiger partial charge on any atom is -0.467 e. The van der Waals surface area contributed by atoms with Crippen molar-refractivity contribution in [2.45, 2.75) is 24.5 Å². The maximum absolute atomic E-state index is 12.9. The van der Waals surface area contributed by atoms with E-state index < -0.39 is 5.91 Å². The molecule has 0 saturated carbocycles. The smallest absolute Gasteiger partial charge is 0.244 e. The maximum Gasteiger partial charge on any atom is 0.244 e. The van der Waals surface area contributed by atoms with Gasteiger partial charge in [-0.25, -0.2) is 0 Å². The van der Waals surface area contributed by atoms with Crippen LogP contribution in [0.2, 0.25) is 0 Å². The molecule has 1 aromatic carbocycles. The Hall–Kier alpha value is -3.60. The molecule has 1 aliphatic rings. The molecule has 0 radical (unpaired) electrons. The molecular weight excluding hydrogens is 420 g/mol. The van der Waals surface area contributed by atoms with Crippen LogP contribution in [0.5, 0.6) is 0 Å². The van der Waals surface area contributed by atoms with Gasteiger partial charge in [-0.15, -0.1) is 10.2 Å². The molecule has 0 unspecified atom stereocenters. The van der Waals surface area contributed by atoms with E-state index >= 15 is 0 Å². The first-order chi connectivity index (χ1) is 15.0. The molecule has 3 aromatic rings. The van der Waals surface area contributed by atoms with Gasteiger partial charge in [0.2, 0.25) is 17.7 Å². The highest BCUT2D eigenvalue weighted by atomic mass is 32.2. The number of para-hydroxylation sites is 2. The number of carbonyl (C=O) groups is 3. The number of hydrogen-bond donors (Lipinski definition) is 2. The van der Waals surface area contributed by atoms with E-state index in [1.807, 2.05) is 12.1 Å². The van der Waals surface area contributed by atoms with Crippen LogP contribution in [0.4, 0.5) is 11.4 Å². The zero-order chi connectivity index (χ0) is 21.8. The van der Waals surface area contributed by atoms with Crippen molar-refractivity contribution in [2.75, 3.05) is 22.5 Å². The molecule has 3 heterocycles. The van der Waals surface area contributed by atoms with Gasteiger partial charge in [0.15, 0.2) is 5.16 Å². The van der Waals surface area contributed by atoms with Gasteiger partial charge in [-0.2, -0.15) is 0 Å². The fraction of sp³-hybridized carbons (Fsp3) is 0.250. The van der Waals surface area contributed by atoms with Gasteiger partial charge in [0.25, 0.3) is 0 Å². The molecule has 0 fully saturated rings. The Bertz CT molecular complexity index is 1110. The van der Waals surface area contributed by atoms with Crippen LogP contribution >= 0.6 is 11.8 Å². The van der Waals surface area contributed by atoms with Crippen LogP contribution < -0.4 is 16.0 Å². The summed E-state index contributed by atoms with van der Waals surface area (Å²) in [6.45, 7) is 0.318. The first-order valence-electron chi connectivity index (χ1n) is 9.56. The lowest BCUT2D eigenvalue weighted by Gasteiger charge is -2.29. The summed E-state index contributed by atoms with van der Waals surface area (Å²) < 4.78 is 7.22. The Morgan fingerprint density at radius 2 is 2.03 bits per heavy atom. The van der Waals surface area contributed by atoms with Gasteiger partial charge in [-0.3, -0.25) is 19.0 Å². The summed E-state index contributed by atoms with van der Waals surface area (Å²) in [5.74, 6) is 0.431. The summed E-state index contributed by atoms with van der Waals surface area (Å²) in [4.78, 5) is 37.6. The number of anilines is 2. The highest BCUT2D eigenvalue weighted by molar-refractivity contribution is 7.99. The van der Waals surface area contributed by atoms with Crippen LogP contribution in [0.25, 0.3) is 0 Å². The molecule has 0 aliphatic carbocycles. The molecule has 0 bridgehead atoms. The zero-order valence-corrected chi connectivity index (χ0v) is 17.3. The third-order valence-electron chi connectivity index (χ3n) is 4.68. The molecule has 31 heavy (non-hydrogen) atoms. The van der Waals surface area contributed by atoms with E-state index in [0.29, 0.717) is 41.1 Å². The summed E-state index contributed by atoms with van der Waals surface area (Å²) >= 11 is 1.21. The Morgan fingerprint density at radius 3 is 2.81 bits per heavy atom. The van der Waals surface area contributed by atoms with Crippen LogP contribution in [-0.2, 0) is 27.3 Å². The van der Waals surface area contributed by atoms with E-state index in [2.05, 4.69) is 15.5 Å². The minimum atomic E-state index is -0.432. The van der Waals surface area contributed by atoms with Crippen molar-refractivity contribution < 1.29 is 18.8 Å². The molecule has 3 amide bonds. The normalized spacial score (nSPS) is 13.0. The number of carbonyl (C=O) groups excluding carboxylic acids is 3.